The van der Waals surface area contributed by atoms with Crippen molar-refractivity contribution in [3.63, 3.8) is 0 Å². The lowest BCUT2D eigenvalue weighted by atomic mass is 9.98. The molecule has 0 aliphatic rings. The number of rotatable bonds is 9. The molecular formula is C22H27N7O2. The number of carbonyl (C=O) groups is 1. The van der Waals surface area contributed by atoms with Gasteiger partial charge in [0.15, 0.2) is 0 Å². The Morgan fingerprint density at radius 3 is 2.55 bits per heavy atom. The predicted octanol–water partition coefficient (Wildman–Crippen LogP) is 2.95. The molecule has 2 aromatic heterocycles. The summed E-state index contributed by atoms with van der Waals surface area (Å²) < 4.78 is 5.51. The maximum Gasteiger partial charge on any atom is 0.251 e. The molecule has 1 aromatic carbocycles. The number of methoxy groups -OCH3 is 1. The molecule has 0 bridgehead atoms. The summed E-state index contributed by atoms with van der Waals surface area (Å²) in [6.07, 6.45) is 4.98. The van der Waals surface area contributed by atoms with Crippen LogP contribution < -0.4 is 20.7 Å². The molecule has 0 saturated heterocycles. The first kappa shape index (κ1) is 21.9. The van der Waals surface area contributed by atoms with Crippen molar-refractivity contribution in [2.75, 3.05) is 37.9 Å². The molecule has 9 nitrogen and oxygen atoms in total. The first-order chi connectivity index (χ1) is 15.0. The minimum atomic E-state index is -0.147. The number of hydrogen-bond donors (Lipinski definition) is 3. The second-order valence-corrected chi connectivity index (χ2v) is 6.93. The number of benzene rings is 1. The number of aromatic nitrogens is 4. The summed E-state index contributed by atoms with van der Waals surface area (Å²) in [7, 11) is 3.21. The van der Waals surface area contributed by atoms with Crippen LogP contribution in [0.2, 0.25) is 0 Å². The maximum absolute atomic E-state index is 11.9. The van der Waals surface area contributed by atoms with Crippen LogP contribution in [0.1, 0.15) is 35.7 Å². The van der Waals surface area contributed by atoms with Crippen molar-refractivity contribution >= 4 is 17.7 Å². The molecule has 3 aromatic rings. The van der Waals surface area contributed by atoms with E-state index in [1.165, 1.54) is 6.33 Å². The largest absolute Gasteiger partial charge is 0.496 e. The van der Waals surface area contributed by atoms with E-state index in [0.29, 0.717) is 29.6 Å². The van der Waals surface area contributed by atoms with Crippen molar-refractivity contribution in [2.24, 2.45) is 0 Å². The van der Waals surface area contributed by atoms with Gasteiger partial charge in [0, 0.05) is 55.6 Å². The zero-order chi connectivity index (χ0) is 22.2. The van der Waals surface area contributed by atoms with E-state index in [2.05, 4.69) is 42.8 Å². The molecule has 0 aliphatic carbocycles. The Kier molecular flexibility index (Phi) is 7.31. The summed E-state index contributed by atoms with van der Waals surface area (Å²) in [5.41, 5.74) is 3.11. The van der Waals surface area contributed by atoms with Gasteiger partial charge in [0.25, 0.3) is 5.91 Å². The van der Waals surface area contributed by atoms with Crippen LogP contribution in [0.25, 0.3) is 11.3 Å². The third kappa shape index (κ3) is 5.44. The highest BCUT2D eigenvalue weighted by Crippen LogP contribution is 2.28. The van der Waals surface area contributed by atoms with Gasteiger partial charge in [-0.25, -0.2) is 19.9 Å². The van der Waals surface area contributed by atoms with Crippen LogP contribution in [-0.2, 0) is 0 Å². The lowest BCUT2D eigenvalue weighted by molar-refractivity contribution is 0.0962. The minimum Gasteiger partial charge on any atom is -0.496 e. The van der Waals surface area contributed by atoms with Crippen LogP contribution in [0.5, 0.6) is 5.75 Å². The predicted molar refractivity (Wildman–Crippen MR) is 121 cm³/mol. The number of ether oxygens (including phenoxy) is 1. The number of nitrogens with zero attached hydrogens (tertiary/aromatic N) is 4. The van der Waals surface area contributed by atoms with Crippen LogP contribution in [0.4, 0.5) is 11.8 Å². The van der Waals surface area contributed by atoms with Crippen LogP contribution in [0, 0.1) is 0 Å². The van der Waals surface area contributed by atoms with Gasteiger partial charge in [-0.2, -0.15) is 0 Å². The van der Waals surface area contributed by atoms with E-state index in [-0.39, 0.29) is 11.8 Å². The van der Waals surface area contributed by atoms with Gasteiger partial charge in [0.2, 0.25) is 5.95 Å². The third-order valence-electron chi connectivity index (χ3n) is 4.79. The molecule has 3 N–H and O–H groups in total. The van der Waals surface area contributed by atoms with Gasteiger partial charge in [-0.15, -0.1) is 0 Å². The third-order valence-corrected chi connectivity index (χ3v) is 4.79. The summed E-state index contributed by atoms with van der Waals surface area (Å²) in [4.78, 5) is 29.1. The quantitative estimate of drug-likeness (QED) is 0.483. The maximum atomic E-state index is 11.9. The Balaban J connectivity index is 1.70. The van der Waals surface area contributed by atoms with Gasteiger partial charge in [-0.1, -0.05) is 13.0 Å². The van der Waals surface area contributed by atoms with Crippen molar-refractivity contribution in [3.05, 3.63) is 54.1 Å². The van der Waals surface area contributed by atoms with Gasteiger partial charge in [0.05, 0.1) is 12.8 Å². The molecule has 1 atom stereocenters. The molecule has 3 rings (SSSR count). The summed E-state index contributed by atoms with van der Waals surface area (Å²) in [5, 5.41) is 9.04. The Bertz CT molecular complexity index is 1020. The molecule has 0 saturated carbocycles. The SMILES string of the molecule is CCNc1ncc(-c2cc(NC[C@@H](C)c3ccc(C(=O)NC)cc3OC)ncn2)cn1. The topological polar surface area (TPSA) is 114 Å². The fourth-order valence-electron chi connectivity index (χ4n) is 3.09. The first-order valence-electron chi connectivity index (χ1n) is 10.1. The van der Waals surface area contributed by atoms with Gasteiger partial charge < -0.3 is 20.7 Å². The highest BCUT2D eigenvalue weighted by atomic mass is 16.5. The summed E-state index contributed by atoms with van der Waals surface area (Å²) in [6, 6.07) is 7.34. The molecule has 2 heterocycles. The van der Waals surface area contributed by atoms with Crippen molar-refractivity contribution in [1.29, 1.82) is 0 Å². The van der Waals surface area contributed by atoms with E-state index in [4.69, 9.17) is 4.74 Å². The van der Waals surface area contributed by atoms with Crippen molar-refractivity contribution in [3.8, 4) is 17.0 Å². The molecule has 0 fully saturated rings. The number of amides is 1. The molecule has 31 heavy (non-hydrogen) atoms. The van der Waals surface area contributed by atoms with Gasteiger partial charge in [0.1, 0.15) is 17.9 Å². The van der Waals surface area contributed by atoms with E-state index in [1.54, 1.807) is 38.7 Å². The number of hydrogen-bond acceptors (Lipinski definition) is 8. The monoisotopic (exact) mass is 421 g/mol. The number of anilines is 2. The standard InChI is InChI=1S/C22H27N7O2/c1-5-24-22-26-11-16(12-27-22)18-9-20(29-13-28-18)25-10-14(2)17-7-6-15(21(30)23-3)8-19(17)31-4/h6-9,11-14H,5,10H2,1-4H3,(H,23,30)(H,24,26,27)(H,25,28,29)/t14-/m1/s1. The zero-order valence-corrected chi connectivity index (χ0v) is 18.1. The normalized spacial score (nSPS) is 11.5. The Labute approximate surface area is 181 Å². The smallest absolute Gasteiger partial charge is 0.251 e. The lowest BCUT2D eigenvalue weighted by Gasteiger charge is -2.17. The van der Waals surface area contributed by atoms with Crippen molar-refractivity contribution in [1.82, 2.24) is 25.3 Å². The van der Waals surface area contributed by atoms with Crippen molar-refractivity contribution in [2.45, 2.75) is 19.8 Å². The Morgan fingerprint density at radius 2 is 1.87 bits per heavy atom. The second-order valence-electron chi connectivity index (χ2n) is 6.93. The van der Waals surface area contributed by atoms with Gasteiger partial charge >= 0.3 is 0 Å². The van der Waals surface area contributed by atoms with Crippen molar-refractivity contribution < 1.29 is 9.53 Å². The fraction of sp³-hybridized carbons (Fsp3) is 0.318. The Hall–Kier alpha value is -3.75. The van der Waals surface area contributed by atoms with Gasteiger partial charge in [-0.3, -0.25) is 4.79 Å². The molecule has 1 amide bonds. The molecule has 162 valence electrons. The molecule has 0 spiro atoms. The fourth-order valence-corrected chi connectivity index (χ4v) is 3.09. The minimum absolute atomic E-state index is 0.120. The van der Waals surface area contributed by atoms with E-state index in [1.807, 2.05) is 19.1 Å². The van der Waals surface area contributed by atoms with Gasteiger partial charge in [-0.05, 0) is 24.6 Å². The average Bonchev–Trinajstić information content (AvgIpc) is 2.82. The van der Waals surface area contributed by atoms with E-state index in [0.717, 1.165) is 23.4 Å². The summed E-state index contributed by atoms with van der Waals surface area (Å²) in [5.74, 6) is 1.94. The van der Waals surface area contributed by atoms with Crippen LogP contribution >= 0.6 is 0 Å². The number of nitrogens with one attached hydrogen (secondary N) is 3. The molecule has 9 heteroatoms. The van der Waals surface area contributed by atoms with E-state index >= 15 is 0 Å². The molecule has 0 aliphatic heterocycles. The van der Waals surface area contributed by atoms with Crippen LogP contribution in [0.15, 0.2) is 43.0 Å². The molecular weight excluding hydrogens is 394 g/mol. The summed E-state index contributed by atoms with van der Waals surface area (Å²) >= 11 is 0. The molecule has 0 unspecified atom stereocenters. The van der Waals surface area contributed by atoms with E-state index in [9.17, 15) is 4.79 Å². The highest BCUT2D eigenvalue weighted by molar-refractivity contribution is 5.94. The van der Waals surface area contributed by atoms with Crippen LogP contribution in [-0.4, -0.2) is 53.1 Å². The Morgan fingerprint density at radius 1 is 1.10 bits per heavy atom. The summed E-state index contributed by atoms with van der Waals surface area (Å²) in [6.45, 7) is 5.47. The van der Waals surface area contributed by atoms with E-state index < -0.39 is 0 Å². The zero-order valence-electron chi connectivity index (χ0n) is 18.1. The molecule has 0 radical (unpaired) electrons. The highest BCUT2D eigenvalue weighted by Gasteiger charge is 2.15. The average molecular weight is 422 g/mol. The van der Waals surface area contributed by atoms with Crippen LogP contribution in [0.3, 0.4) is 0 Å². The number of carbonyl (C=O) groups excluding carboxylic acids is 1. The lowest BCUT2D eigenvalue weighted by Crippen LogP contribution is -2.18. The second kappa shape index (κ2) is 10.3. The first-order valence-corrected chi connectivity index (χ1v) is 10.1.